The summed E-state index contributed by atoms with van der Waals surface area (Å²) in [7, 11) is -2.99. The van der Waals surface area contributed by atoms with Crippen molar-refractivity contribution in [2.24, 2.45) is 0 Å². The van der Waals surface area contributed by atoms with Gasteiger partial charge in [0, 0.05) is 29.4 Å². The van der Waals surface area contributed by atoms with Crippen LogP contribution in [0, 0.1) is 0 Å². The van der Waals surface area contributed by atoms with E-state index in [4.69, 9.17) is 0 Å². The minimum absolute atomic E-state index is 0.142. The first-order chi connectivity index (χ1) is 6.11. The van der Waals surface area contributed by atoms with Gasteiger partial charge in [0.05, 0.1) is 5.75 Å². The van der Waals surface area contributed by atoms with Gasteiger partial charge < -0.3 is 0 Å². The SMILES string of the molecule is CCS(=O)(=O)N1CCSCC1CBr. The highest BCUT2D eigenvalue weighted by atomic mass is 79.9. The zero-order chi connectivity index (χ0) is 9.90. The van der Waals surface area contributed by atoms with Crippen molar-refractivity contribution >= 4 is 37.7 Å². The Labute approximate surface area is 92.4 Å². The number of hydrogen-bond acceptors (Lipinski definition) is 3. The molecule has 0 spiro atoms. The second-order valence-electron chi connectivity index (χ2n) is 2.89. The molecular formula is C7H14BrNO2S2. The number of halogens is 1. The number of hydrogen-bond donors (Lipinski definition) is 0. The van der Waals surface area contributed by atoms with Crippen LogP contribution in [-0.4, -0.2) is 47.9 Å². The summed E-state index contributed by atoms with van der Waals surface area (Å²) in [6.07, 6.45) is 0. The molecule has 0 radical (unpaired) electrons. The van der Waals surface area contributed by atoms with Gasteiger partial charge in [-0.2, -0.15) is 16.1 Å². The molecule has 1 aliphatic rings. The van der Waals surface area contributed by atoms with Crippen molar-refractivity contribution in [1.82, 2.24) is 4.31 Å². The lowest BCUT2D eigenvalue weighted by atomic mass is 10.4. The molecule has 6 heteroatoms. The Morgan fingerprint density at radius 3 is 2.85 bits per heavy atom. The van der Waals surface area contributed by atoms with Gasteiger partial charge in [-0.05, 0) is 6.92 Å². The van der Waals surface area contributed by atoms with Gasteiger partial charge in [-0.15, -0.1) is 0 Å². The minimum Gasteiger partial charge on any atom is -0.212 e. The molecular weight excluding hydrogens is 274 g/mol. The fourth-order valence-corrected chi connectivity index (χ4v) is 4.94. The topological polar surface area (TPSA) is 37.4 Å². The number of sulfonamides is 1. The van der Waals surface area contributed by atoms with Gasteiger partial charge in [0.1, 0.15) is 0 Å². The van der Waals surface area contributed by atoms with Crippen LogP contribution in [0.25, 0.3) is 0 Å². The molecule has 1 unspecified atom stereocenters. The van der Waals surface area contributed by atoms with Crippen LogP contribution in [0.4, 0.5) is 0 Å². The molecule has 0 aliphatic carbocycles. The highest BCUT2D eigenvalue weighted by Gasteiger charge is 2.30. The van der Waals surface area contributed by atoms with Gasteiger partial charge in [-0.25, -0.2) is 8.42 Å². The molecule has 0 amide bonds. The minimum atomic E-state index is -2.99. The maximum absolute atomic E-state index is 11.6. The monoisotopic (exact) mass is 287 g/mol. The average Bonchev–Trinajstić information content (AvgIpc) is 2.18. The van der Waals surface area contributed by atoms with Crippen LogP contribution in [0.3, 0.4) is 0 Å². The van der Waals surface area contributed by atoms with Gasteiger partial charge in [-0.1, -0.05) is 15.9 Å². The predicted octanol–water partition coefficient (Wildman–Crippen LogP) is 1.15. The first kappa shape index (κ1) is 11.8. The standard InChI is InChI=1S/C7H14BrNO2S2/c1-2-13(10,11)9-3-4-12-6-7(9)5-8/h7H,2-6H2,1H3. The molecule has 1 rings (SSSR count). The molecule has 1 heterocycles. The fraction of sp³-hybridized carbons (Fsp3) is 1.00. The molecule has 13 heavy (non-hydrogen) atoms. The molecule has 0 aromatic heterocycles. The van der Waals surface area contributed by atoms with Crippen molar-refractivity contribution in [3.63, 3.8) is 0 Å². The number of alkyl halides is 1. The molecule has 0 bridgehead atoms. The average molecular weight is 288 g/mol. The van der Waals surface area contributed by atoms with E-state index in [2.05, 4.69) is 15.9 Å². The maximum atomic E-state index is 11.6. The highest BCUT2D eigenvalue weighted by Crippen LogP contribution is 2.21. The zero-order valence-electron chi connectivity index (χ0n) is 7.57. The van der Waals surface area contributed by atoms with Crippen molar-refractivity contribution in [2.45, 2.75) is 13.0 Å². The predicted molar refractivity (Wildman–Crippen MR) is 61.1 cm³/mol. The summed E-state index contributed by atoms with van der Waals surface area (Å²) in [5.41, 5.74) is 0. The third-order valence-electron chi connectivity index (χ3n) is 2.07. The van der Waals surface area contributed by atoms with E-state index in [9.17, 15) is 8.42 Å². The summed E-state index contributed by atoms with van der Waals surface area (Å²) in [4.78, 5) is 0. The molecule has 0 aromatic rings. The molecule has 1 aliphatic heterocycles. The number of nitrogens with zero attached hydrogens (tertiary/aromatic N) is 1. The van der Waals surface area contributed by atoms with Gasteiger partial charge >= 0.3 is 0 Å². The Hall–Kier alpha value is 0.740. The molecule has 3 nitrogen and oxygen atoms in total. The van der Waals surface area contributed by atoms with E-state index >= 15 is 0 Å². The molecule has 1 fully saturated rings. The van der Waals surface area contributed by atoms with Gasteiger partial charge in [0.25, 0.3) is 0 Å². The Bertz CT molecular complexity index is 255. The van der Waals surface area contributed by atoms with Crippen LogP contribution in [0.15, 0.2) is 0 Å². The number of rotatable bonds is 3. The Morgan fingerprint density at radius 1 is 1.62 bits per heavy atom. The quantitative estimate of drug-likeness (QED) is 0.731. The van der Waals surface area contributed by atoms with Crippen molar-refractivity contribution in [3.8, 4) is 0 Å². The van der Waals surface area contributed by atoms with E-state index in [0.29, 0.717) is 6.54 Å². The highest BCUT2D eigenvalue weighted by molar-refractivity contribution is 9.09. The smallest absolute Gasteiger partial charge is 0.212 e. The van der Waals surface area contributed by atoms with Crippen molar-refractivity contribution in [3.05, 3.63) is 0 Å². The fourth-order valence-electron chi connectivity index (χ4n) is 1.29. The van der Waals surface area contributed by atoms with Crippen molar-refractivity contribution in [1.29, 1.82) is 0 Å². The summed E-state index contributed by atoms with van der Waals surface area (Å²) in [5, 5.41) is 0.735. The first-order valence-corrected chi connectivity index (χ1v) is 8.13. The van der Waals surface area contributed by atoms with E-state index in [0.717, 1.165) is 16.8 Å². The molecule has 0 aromatic carbocycles. The van der Waals surface area contributed by atoms with Gasteiger partial charge in [0.15, 0.2) is 0 Å². The summed E-state index contributed by atoms with van der Waals surface area (Å²) in [5.74, 6) is 2.04. The van der Waals surface area contributed by atoms with E-state index in [-0.39, 0.29) is 11.8 Å². The molecule has 1 saturated heterocycles. The summed E-state index contributed by atoms with van der Waals surface area (Å²) in [6, 6.07) is 0.142. The van der Waals surface area contributed by atoms with Crippen LogP contribution < -0.4 is 0 Å². The second kappa shape index (κ2) is 5.00. The van der Waals surface area contributed by atoms with Crippen LogP contribution in [-0.2, 0) is 10.0 Å². The molecule has 0 saturated carbocycles. The molecule has 0 N–H and O–H groups in total. The second-order valence-corrected chi connectivity index (χ2v) is 6.90. The lowest BCUT2D eigenvalue weighted by molar-refractivity contribution is 0.373. The summed E-state index contributed by atoms with van der Waals surface area (Å²) < 4.78 is 24.9. The summed E-state index contributed by atoms with van der Waals surface area (Å²) >= 11 is 5.18. The lowest BCUT2D eigenvalue weighted by Gasteiger charge is -2.32. The normalized spacial score (nSPS) is 26.2. The maximum Gasteiger partial charge on any atom is 0.214 e. The van der Waals surface area contributed by atoms with E-state index in [1.165, 1.54) is 0 Å². The third-order valence-corrected chi connectivity index (χ3v) is 5.84. The van der Waals surface area contributed by atoms with Gasteiger partial charge in [0.2, 0.25) is 10.0 Å². The Morgan fingerprint density at radius 2 is 2.31 bits per heavy atom. The largest absolute Gasteiger partial charge is 0.214 e. The lowest BCUT2D eigenvalue weighted by Crippen LogP contribution is -2.47. The van der Waals surface area contributed by atoms with E-state index in [1.54, 1.807) is 11.2 Å². The third kappa shape index (κ3) is 2.84. The van der Waals surface area contributed by atoms with Crippen molar-refractivity contribution in [2.75, 3.05) is 29.1 Å². The first-order valence-electron chi connectivity index (χ1n) is 4.25. The molecule has 78 valence electrons. The van der Waals surface area contributed by atoms with E-state index < -0.39 is 10.0 Å². The van der Waals surface area contributed by atoms with Crippen molar-refractivity contribution < 1.29 is 8.42 Å². The summed E-state index contributed by atoms with van der Waals surface area (Å²) in [6.45, 7) is 2.36. The van der Waals surface area contributed by atoms with Crippen LogP contribution >= 0.6 is 27.7 Å². The Kier molecular flexibility index (Phi) is 4.54. The van der Waals surface area contributed by atoms with Crippen LogP contribution in [0.5, 0.6) is 0 Å². The number of thioether (sulfide) groups is 1. The molecule has 1 atom stereocenters. The Balaban J connectivity index is 2.75. The van der Waals surface area contributed by atoms with Gasteiger partial charge in [-0.3, -0.25) is 0 Å². The van der Waals surface area contributed by atoms with Crippen LogP contribution in [0.2, 0.25) is 0 Å². The zero-order valence-corrected chi connectivity index (χ0v) is 10.8. The van der Waals surface area contributed by atoms with E-state index in [1.807, 2.05) is 11.8 Å². The van der Waals surface area contributed by atoms with Crippen LogP contribution in [0.1, 0.15) is 6.92 Å².